The Bertz CT molecular complexity index is 361. The van der Waals surface area contributed by atoms with Crippen LogP contribution in [0.2, 0.25) is 0 Å². The van der Waals surface area contributed by atoms with E-state index in [1.54, 1.807) is 17.0 Å². The molecule has 5 heteroatoms. The molecule has 1 saturated heterocycles. The second-order valence-corrected chi connectivity index (χ2v) is 4.00. The molecule has 2 N–H and O–H groups in total. The molecule has 1 aromatic carbocycles. The predicted octanol–water partition coefficient (Wildman–Crippen LogP) is 1.54. The Kier molecular flexibility index (Phi) is 3.95. The van der Waals surface area contributed by atoms with Crippen LogP contribution >= 0.6 is 0 Å². The normalized spacial score (nSPS) is 16.9. The van der Waals surface area contributed by atoms with Crippen molar-refractivity contribution in [1.29, 1.82) is 0 Å². The molecule has 1 aliphatic rings. The molecule has 0 spiro atoms. The Labute approximate surface area is 100 Å². The van der Waals surface area contributed by atoms with Gasteiger partial charge in [0.25, 0.3) is 0 Å². The number of ether oxygens (including phenoxy) is 1. The highest BCUT2D eigenvalue weighted by molar-refractivity contribution is 5.70. The first-order valence-corrected chi connectivity index (χ1v) is 5.67. The molecule has 1 aliphatic heterocycles. The fraction of sp³-hybridized carbons (Fsp3) is 0.417. The third-order valence-corrected chi connectivity index (χ3v) is 2.84. The molecule has 0 bridgehead atoms. The minimum Gasteiger partial charge on any atom is -0.410 e. The summed E-state index contributed by atoms with van der Waals surface area (Å²) in [6.45, 7) is 1.24. The fourth-order valence-corrected chi connectivity index (χ4v) is 1.83. The molecule has 5 nitrogen and oxygen atoms in total. The molecular formula is C12H16N2O3. The highest BCUT2D eigenvalue weighted by atomic mass is 16.6. The van der Waals surface area contributed by atoms with Gasteiger partial charge in [-0.1, -0.05) is 18.2 Å². The van der Waals surface area contributed by atoms with Crippen LogP contribution in [-0.2, 0) is 4.84 Å². The van der Waals surface area contributed by atoms with Gasteiger partial charge in [-0.05, 0) is 25.0 Å². The van der Waals surface area contributed by atoms with Crippen molar-refractivity contribution in [3.05, 3.63) is 30.3 Å². The van der Waals surface area contributed by atoms with Crippen molar-refractivity contribution in [2.45, 2.75) is 18.9 Å². The summed E-state index contributed by atoms with van der Waals surface area (Å²) in [6.07, 6.45) is 1.24. The number of nitrogens with zero attached hydrogens (tertiary/aromatic N) is 1. The molecule has 1 fully saturated rings. The number of para-hydroxylation sites is 1. The second kappa shape index (κ2) is 5.65. The second-order valence-electron chi connectivity index (χ2n) is 4.00. The van der Waals surface area contributed by atoms with Gasteiger partial charge in [-0.15, -0.1) is 0 Å². The SMILES string of the molecule is NOC1CCN(C(=O)Oc2ccccc2)CC1. The molecule has 17 heavy (non-hydrogen) atoms. The van der Waals surface area contributed by atoms with Gasteiger partial charge in [-0.3, -0.25) is 0 Å². The van der Waals surface area contributed by atoms with Crippen molar-refractivity contribution in [3.8, 4) is 5.75 Å². The molecule has 0 aliphatic carbocycles. The van der Waals surface area contributed by atoms with Crippen LogP contribution < -0.4 is 10.6 Å². The number of hydrogen-bond acceptors (Lipinski definition) is 4. The van der Waals surface area contributed by atoms with Crippen molar-refractivity contribution < 1.29 is 14.4 Å². The maximum atomic E-state index is 11.8. The van der Waals surface area contributed by atoms with E-state index in [-0.39, 0.29) is 12.2 Å². The van der Waals surface area contributed by atoms with Crippen LogP contribution in [0.4, 0.5) is 4.79 Å². The predicted molar refractivity (Wildman–Crippen MR) is 62.3 cm³/mol. The van der Waals surface area contributed by atoms with E-state index in [1.807, 2.05) is 18.2 Å². The molecule has 0 unspecified atom stereocenters. The number of nitrogens with two attached hydrogens (primary N) is 1. The summed E-state index contributed by atoms with van der Waals surface area (Å²) >= 11 is 0. The zero-order valence-electron chi connectivity index (χ0n) is 9.54. The number of carbonyl (C=O) groups is 1. The van der Waals surface area contributed by atoms with Gasteiger partial charge in [-0.25, -0.2) is 10.7 Å². The van der Waals surface area contributed by atoms with E-state index in [0.29, 0.717) is 18.8 Å². The van der Waals surface area contributed by atoms with Gasteiger partial charge in [0, 0.05) is 13.1 Å². The summed E-state index contributed by atoms with van der Waals surface area (Å²) in [6, 6.07) is 9.05. The van der Waals surface area contributed by atoms with E-state index >= 15 is 0 Å². The number of benzene rings is 1. The third-order valence-electron chi connectivity index (χ3n) is 2.84. The van der Waals surface area contributed by atoms with Crippen molar-refractivity contribution in [2.75, 3.05) is 13.1 Å². The Morgan fingerprint density at radius 2 is 1.88 bits per heavy atom. The number of piperidine rings is 1. The average molecular weight is 236 g/mol. The number of rotatable bonds is 2. The van der Waals surface area contributed by atoms with Crippen molar-refractivity contribution in [2.24, 2.45) is 5.90 Å². The lowest BCUT2D eigenvalue weighted by Gasteiger charge is -2.29. The first-order valence-electron chi connectivity index (χ1n) is 5.67. The minimum atomic E-state index is -0.313. The van der Waals surface area contributed by atoms with E-state index in [9.17, 15) is 4.79 Å². The van der Waals surface area contributed by atoms with E-state index in [2.05, 4.69) is 0 Å². The molecule has 0 radical (unpaired) electrons. The zero-order chi connectivity index (χ0) is 12.1. The van der Waals surface area contributed by atoms with E-state index < -0.39 is 0 Å². The number of likely N-dealkylation sites (tertiary alicyclic amines) is 1. The Morgan fingerprint density at radius 3 is 2.47 bits per heavy atom. The van der Waals surface area contributed by atoms with E-state index in [0.717, 1.165) is 12.8 Å². The smallest absolute Gasteiger partial charge is 0.410 e. The molecule has 1 aromatic rings. The lowest BCUT2D eigenvalue weighted by atomic mass is 10.1. The van der Waals surface area contributed by atoms with Gasteiger partial charge < -0.3 is 14.5 Å². The van der Waals surface area contributed by atoms with Crippen LogP contribution in [0, 0.1) is 0 Å². The summed E-state index contributed by atoms with van der Waals surface area (Å²) in [7, 11) is 0. The number of hydrogen-bond donors (Lipinski definition) is 1. The Morgan fingerprint density at radius 1 is 1.24 bits per heavy atom. The topological polar surface area (TPSA) is 64.8 Å². The molecule has 0 atom stereocenters. The zero-order valence-corrected chi connectivity index (χ0v) is 9.54. The summed E-state index contributed by atoms with van der Waals surface area (Å²) in [5.41, 5.74) is 0. The van der Waals surface area contributed by atoms with Crippen molar-refractivity contribution in [3.63, 3.8) is 0 Å². The van der Waals surface area contributed by atoms with Crippen LogP contribution in [0.1, 0.15) is 12.8 Å². The van der Waals surface area contributed by atoms with Gasteiger partial charge in [0.2, 0.25) is 0 Å². The first-order chi connectivity index (χ1) is 8.29. The largest absolute Gasteiger partial charge is 0.415 e. The van der Waals surface area contributed by atoms with Crippen LogP contribution in [0.5, 0.6) is 5.75 Å². The number of amides is 1. The molecule has 0 aromatic heterocycles. The van der Waals surface area contributed by atoms with Gasteiger partial charge in [0.15, 0.2) is 0 Å². The van der Waals surface area contributed by atoms with Crippen LogP contribution in [0.15, 0.2) is 30.3 Å². The first kappa shape index (κ1) is 11.9. The molecular weight excluding hydrogens is 220 g/mol. The highest BCUT2D eigenvalue weighted by Crippen LogP contribution is 2.15. The van der Waals surface area contributed by atoms with Crippen LogP contribution in [0.25, 0.3) is 0 Å². The Balaban J connectivity index is 1.85. The lowest BCUT2D eigenvalue weighted by Crippen LogP contribution is -2.42. The highest BCUT2D eigenvalue weighted by Gasteiger charge is 2.24. The Hall–Kier alpha value is -1.59. The maximum Gasteiger partial charge on any atom is 0.415 e. The average Bonchev–Trinajstić information content (AvgIpc) is 2.40. The lowest BCUT2D eigenvalue weighted by molar-refractivity contribution is 0.0101. The standard InChI is InChI=1S/C12H16N2O3/c13-17-11-6-8-14(9-7-11)12(15)16-10-4-2-1-3-5-10/h1-5,11H,6-9,13H2. The fourth-order valence-electron chi connectivity index (χ4n) is 1.83. The van der Waals surface area contributed by atoms with Crippen LogP contribution in [-0.4, -0.2) is 30.2 Å². The quantitative estimate of drug-likeness (QED) is 0.791. The van der Waals surface area contributed by atoms with Gasteiger partial charge in [0.1, 0.15) is 5.75 Å². The minimum absolute atomic E-state index is 0.0516. The summed E-state index contributed by atoms with van der Waals surface area (Å²) in [5.74, 6) is 5.68. The molecule has 1 heterocycles. The van der Waals surface area contributed by atoms with Gasteiger partial charge in [0.05, 0.1) is 6.10 Å². The maximum absolute atomic E-state index is 11.8. The van der Waals surface area contributed by atoms with Crippen LogP contribution in [0.3, 0.4) is 0 Å². The van der Waals surface area contributed by atoms with Gasteiger partial charge >= 0.3 is 6.09 Å². The number of carbonyl (C=O) groups excluding carboxylic acids is 1. The van der Waals surface area contributed by atoms with Crippen molar-refractivity contribution >= 4 is 6.09 Å². The van der Waals surface area contributed by atoms with E-state index in [1.165, 1.54) is 0 Å². The molecule has 0 saturated carbocycles. The summed E-state index contributed by atoms with van der Waals surface area (Å²) < 4.78 is 5.24. The summed E-state index contributed by atoms with van der Waals surface area (Å²) in [4.78, 5) is 18.2. The van der Waals surface area contributed by atoms with E-state index in [4.69, 9.17) is 15.5 Å². The third kappa shape index (κ3) is 3.18. The van der Waals surface area contributed by atoms with Crippen molar-refractivity contribution in [1.82, 2.24) is 4.90 Å². The monoisotopic (exact) mass is 236 g/mol. The molecule has 1 amide bonds. The summed E-state index contributed by atoms with van der Waals surface area (Å²) in [5, 5.41) is 0. The van der Waals surface area contributed by atoms with Gasteiger partial charge in [-0.2, -0.15) is 0 Å². The molecule has 2 rings (SSSR count). The molecule has 92 valence electrons.